The van der Waals surface area contributed by atoms with Crippen molar-refractivity contribution in [1.29, 1.82) is 0 Å². The van der Waals surface area contributed by atoms with Gasteiger partial charge in [-0.1, -0.05) is 31.4 Å². The van der Waals surface area contributed by atoms with Crippen LogP contribution in [-0.4, -0.2) is 32.2 Å². The molecule has 1 N–H and O–H groups in total. The Kier molecular flexibility index (Phi) is 4.64. The number of nitrogens with zero attached hydrogens (tertiary/aromatic N) is 4. The van der Waals surface area contributed by atoms with E-state index in [-0.39, 0.29) is 17.8 Å². The lowest BCUT2D eigenvalue weighted by molar-refractivity contribution is -0.125. The first-order chi connectivity index (χ1) is 11.1. The highest BCUT2D eigenvalue weighted by atomic mass is 19.1. The van der Waals surface area contributed by atoms with Gasteiger partial charge in [-0.2, -0.15) is 4.80 Å². The molecule has 23 heavy (non-hydrogen) atoms. The molecule has 1 aromatic carbocycles. The van der Waals surface area contributed by atoms with E-state index in [0.29, 0.717) is 11.4 Å². The number of hydrogen-bond acceptors (Lipinski definition) is 4. The van der Waals surface area contributed by atoms with Gasteiger partial charge < -0.3 is 5.32 Å². The molecule has 1 aliphatic rings. The van der Waals surface area contributed by atoms with Crippen molar-refractivity contribution in [3.63, 3.8) is 0 Å². The van der Waals surface area contributed by atoms with Crippen LogP contribution < -0.4 is 5.32 Å². The van der Waals surface area contributed by atoms with Crippen LogP contribution in [0, 0.1) is 5.82 Å². The van der Waals surface area contributed by atoms with Gasteiger partial charge in [0.2, 0.25) is 11.7 Å². The summed E-state index contributed by atoms with van der Waals surface area (Å²) in [5, 5.41) is 15.1. The molecule has 1 amide bonds. The van der Waals surface area contributed by atoms with E-state index in [9.17, 15) is 9.18 Å². The van der Waals surface area contributed by atoms with Crippen molar-refractivity contribution in [2.75, 3.05) is 0 Å². The Bertz CT molecular complexity index is 681. The lowest BCUT2D eigenvalue weighted by atomic mass is 9.95. The molecular formula is C16H20FN5O. The lowest BCUT2D eigenvalue weighted by Crippen LogP contribution is -2.40. The highest BCUT2D eigenvalue weighted by Gasteiger charge is 2.22. The van der Waals surface area contributed by atoms with Crippen LogP contribution in [0.5, 0.6) is 0 Å². The third-order valence-electron chi connectivity index (χ3n) is 4.19. The van der Waals surface area contributed by atoms with Crippen LogP contribution in [0.25, 0.3) is 11.4 Å². The number of carbonyl (C=O) groups is 1. The van der Waals surface area contributed by atoms with Gasteiger partial charge in [0.1, 0.15) is 11.9 Å². The Morgan fingerprint density at radius 2 is 2.13 bits per heavy atom. The molecule has 1 aliphatic carbocycles. The average Bonchev–Trinajstić information content (AvgIpc) is 3.05. The highest BCUT2D eigenvalue weighted by molar-refractivity contribution is 5.79. The fraction of sp³-hybridized carbons (Fsp3) is 0.500. The smallest absolute Gasteiger partial charge is 0.246 e. The highest BCUT2D eigenvalue weighted by Crippen LogP contribution is 2.19. The van der Waals surface area contributed by atoms with Crippen LogP contribution in [0.4, 0.5) is 4.39 Å². The standard InChI is InChI=1S/C16H20FN5O/c1-11(16(23)18-14-8-3-2-4-9-14)22-20-15(19-21-22)12-6-5-7-13(17)10-12/h5-7,10-11,14H,2-4,8-9H2,1H3,(H,18,23)/t11-/m1/s1. The van der Waals surface area contributed by atoms with Crippen molar-refractivity contribution < 1.29 is 9.18 Å². The fourth-order valence-electron chi connectivity index (χ4n) is 2.81. The topological polar surface area (TPSA) is 72.7 Å². The molecule has 1 saturated carbocycles. The summed E-state index contributed by atoms with van der Waals surface area (Å²) in [6, 6.07) is 5.68. The summed E-state index contributed by atoms with van der Waals surface area (Å²) in [7, 11) is 0. The Hall–Kier alpha value is -2.31. The van der Waals surface area contributed by atoms with Gasteiger partial charge in [-0.3, -0.25) is 4.79 Å². The van der Waals surface area contributed by atoms with Crippen molar-refractivity contribution in [1.82, 2.24) is 25.5 Å². The van der Waals surface area contributed by atoms with Gasteiger partial charge in [0.25, 0.3) is 0 Å². The van der Waals surface area contributed by atoms with Crippen molar-refractivity contribution in [2.24, 2.45) is 0 Å². The van der Waals surface area contributed by atoms with E-state index >= 15 is 0 Å². The summed E-state index contributed by atoms with van der Waals surface area (Å²) in [5.41, 5.74) is 0.538. The van der Waals surface area contributed by atoms with Crippen LogP contribution in [0.3, 0.4) is 0 Å². The number of carbonyl (C=O) groups excluding carboxylic acids is 1. The number of aromatic nitrogens is 4. The quantitative estimate of drug-likeness (QED) is 0.940. The number of benzene rings is 1. The van der Waals surface area contributed by atoms with Gasteiger partial charge in [0.15, 0.2) is 0 Å². The fourth-order valence-corrected chi connectivity index (χ4v) is 2.81. The normalized spacial score (nSPS) is 17.0. The van der Waals surface area contributed by atoms with Gasteiger partial charge >= 0.3 is 0 Å². The first kappa shape index (κ1) is 15.6. The summed E-state index contributed by atoms with van der Waals surface area (Å²) in [6.07, 6.45) is 5.61. The maximum Gasteiger partial charge on any atom is 0.246 e. The first-order valence-electron chi connectivity index (χ1n) is 7.99. The Morgan fingerprint density at radius 3 is 2.87 bits per heavy atom. The zero-order valence-corrected chi connectivity index (χ0v) is 13.1. The zero-order chi connectivity index (χ0) is 16.2. The monoisotopic (exact) mass is 317 g/mol. The van der Waals surface area contributed by atoms with Crippen molar-refractivity contribution in [2.45, 2.75) is 51.1 Å². The predicted octanol–water partition coefficient (Wildman–Crippen LogP) is 2.49. The molecule has 6 nitrogen and oxygen atoms in total. The van der Waals surface area contributed by atoms with Crippen molar-refractivity contribution in [3.8, 4) is 11.4 Å². The summed E-state index contributed by atoms with van der Waals surface area (Å²) in [4.78, 5) is 13.6. The predicted molar refractivity (Wildman–Crippen MR) is 82.9 cm³/mol. The molecule has 0 spiro atoms. The SMILES string of the molecule is C[C@H](C(=O)NC1CCCCC1)n1nnc(-c2cccc(F)c2)n1. The molecule has 1 atom stereocenters. The Labute approximate surface area is 134 Å². The lowest BCUT2D eigenvalue weighted by Gasteiger charge is -2.24. The summed E-state index contributed by atoms with van der Waals surface area (Å²) in [5.74, 6) is -0.163. The first-order valence-corrected chi connectivity index (χ1v) is 7.99. The van der Waals surface area contributed by atoms with E-state index in [1.165, 1.54) is 23.4 Å². The van der Waals surface area contributed by atoms with E-state index in [0.717, 1.165) is 25.7 Å². The molecule has 0 aliphatic heterocycles. The molecule has 2 aromatic rings. The van der Waals surface area contributed by atoms with Gasteiger partial charge in [0.05, 0.1) is 0 Å². The zero-order valence-electron chi connectivity index (χ0n) is 13.1. The van der Waals surface area contributed by atoms with E-state index in [1.807, 2.05) is 0 Å². The third kappa shape index (κ3) is 3.72. The molecule has 3 rings (SSSR count). The summed E-state index contributed by atoms with van der Waals surface area (Å²) < 4.78 is 13.3. The second-order valence-electron chi connectivity index (χ2n) is 5.96. The van der Waals surface area contributed by atoms with Crippen LogP contribution in [0.15, 0.2) is 24.3 Å². The molecule has 0 radical (unpaired) electrons. The maximum atomic E-state index is 13.3. The van der Waals surface area contributed by atoms with Crippen LogP contribution in [-0.2, 0) is 4.79 Å². The van der Waals surface area contributed by atoms with Gasteiger partial charge in [0, 0.05) is 11.6 Å². The van der Waals surface area contributed by atoms with Gasteiger partial charge in [-0.15, -0.1) is 10.2 Å². The molecule has 0 saturated heterocycles. The van der Waals surface area contributed by atoms with Crippen LogP contribution in [0.1, 0.15) is 45.1 Å². The number of amides is 1. The largest absolute Gasteiger partial charge is 0.351 e. The molecular weight excluding hydrogens is 297 g/mol. The second kappa shape index (κ2) is 6.85. The molecule has 7 heteroatoms. The van der Waals surface area contributed by atoms with Gasteiger partial charge in [-0.05, 0) is 37.1 Å². The van der Waals surface area contributed by atoms with Gasteiger partial charge in [-0.25, -0.2) is 4.39 Å². The molecule has 122 valence electrons. The van der Waals surface area contributed by atoms with E-state index < -0.39 is 6.04 Å². The van der Waals surface area contributed by atoms with Crippen LogP contribution >= 0.6 is 0 Å². The molecule has 1 heterocycles. The second-order valence-corrected chi connectivity index (χ2v) is 5.96. The van der Waals surface area contributed by atoms with Crippen LogP contribution in [0.2, 0.25) is 0 Å². The minimum atomic E-state index is -0.549. The minimum absolute atomic E-state index is 0.111. The minimum Gasteiger partial charge on any atom is -0.351 e. The summed E-state index contributed by atoms with van der Waals surface area (Å²) >= 11 is 0. The maximum absolute atomic E-state index is 13.3. The number of tetrazole rings is 1. The van der Waals surface area contributed by atoms with E-state index in [1.54, 1.807) is 19.1 Å². The van der Waals surface area contributed by atoms with Crippen molar-refractivity contribution >= 4 is 5.91 Å². The Balaban J connectivity index is 1.68. The molecule has 0 unspecified atom stereocenters. The summed E-state index contributed by atoms with van der Waals surface area (Å²) in [6.45, 7) is 1.73. The number of halogens is 1. The average molecular weight is 317 g/mol. The Morgan fingerprint density at radius 1 is 1.35 bits per heavy atom. The number of hydrogen-bond donors (Lipinski definition) is 1. The molecule has 1 aromatic heterocycles. The third-order valence-corrected chi connectivity index (χ3v) is 4.19. The number of rotatable bonds is 4. The van der Waals surface area contributed by atoms with E-state index in [2.05, 4.69) is 20.7 Å². The van der Waals surface area contributed by atoms with E-state index in [4.69, 9.17) is 0 Å². The van der Waals surface area contributed by atoms with Crippen molar-refractivity contribution in [3.05, 3.63) is 30.1 Å². The molecule has 1 fully saturated rings. The number of nitrogens with one attached hydrogen (secondary N) is 1. The molecule has 0 bridgehead atoms.